The summed E-state index contributed by atoms with van der Waals surface area (Å²) in [6, 6.07) is 7.43. The van der Waals surface area contributed by atoms with Crippen LogP contribution in [0.5, 0.6) is 5.75 Å². The Balaban J connectivity index is 2.96. The summed E-state index contributed by atoms with van der Waals surface area (Å²) in [5, 5.41) is 0. The lowest BCUT2D eigenvalue weighted by Crippen LogP contribution is -2.26. The number of methoxy groups -OCH3 is 1. The van der Waals surface area contributed by atoms with Gasteiger partial charge in [-0.2, -0.15) is 0 Å². The zero-order valence-electron chi connectivity index (χ0n) is 10.2. The van der Waals surface area contributed by atoms with Crippen LogP contribution in [0, 0.1) is 0 Å². The number of rotatable bonds is 3. The van der Waals surface area contributed by atoms with Crippen molar-refractivity contribution < 1.29 is 9.53 Å². The van der Waals surface area contributed by atoms with Gasteiger partial charge in [-0.25, -0.2) is 0 Å². The van der Waals surface area contributed by atoms with Crippen molar-refractivity contribution in [1.82, 2.24) is 0 Å². The van der Waals surface area contributed by atoms with E-state index in [2.05, 4.69) is 0 Å². The standard InChI is InChI=1S/C13H17NO2/c1-5-10(2)13(15)14(3)11-7-6-8-12(9-11)16-4/h5-9H,1-4H3. The van der Waals surface area contributed by atoms with Gasteiger partial charge in [-0.1, -0.05) is 12.1 Å². The highest BCUT2D eigenvalue weighted by atomic mass is 16.5. The second-order valence-corrected chi connectivity index (χ2v) is 3.54. The fourth-order valence-electron chi connectivity index (χ4n) is 1.32. The molecule has 0 aliphatic heterocycles. The monoisotopic (exact) mass is 219 g/mol. The third-order valence-corrected chi connectivity index (χ3v) is 2.52. The third kappa shape index (κ3) is 2.63. The average molecular weight is 219 g/mol. The molecule has 0 spiro atoms. The highest BCUT2D eigenvalue weighted by Crippen LogP contribution is 2.20. The van der Waals surface area contributed by atoms with E-state index in [0.717, 1.165) is 17.0 Å². The van der Waals surface area contributed by atoms with Crippen molar-refractivity contribution in [3.63, 3.8) is 0 Å². The molecule has 0 aliphatic carbocycles. The topological polar surface area (TPSA) is 29.5 Å². The van der Waals surface area contributed by atoms with E-state index in [1.807, 2.05) is 31.2 Å². The Morgan fingerprint density at radius 2 is 2.12 bits per heavy atom. The molecule has 16 heavy (non-hydrogen) atoms. The zero-order valence-corrected chi connectivity index (χ0v) is 10.2. The zero-order chi connectivity index (χ0) is 12.1. The van der Waals surface area contributed by atoms with Gasteiger partial charge in [0.2, 0.25) is 0 Å². The predicted octanol–water partition coefficient (Wildman–Crippen LogP) is 2.62. The second kappa shape index (κ2) is 5.35. The van der Waals surface area contributed by atoms with E-state index >= 15 is 0 Å². The quantitative estimate of drug-likeness (QED) is 0.731. The van der Waals surface area contributed by atoms with Crippen molar-refractivity contribution in [2.75, 3.05) is 19.1 Å². The van der Waals surface area contributed by atoms with Gasteiger partial charge in [-0.15, -0.1) is 0 Å². The molecule has 0 saturated carbocycles. The normalized spacial score (nSPS) is 11.1. The third-order valence-electron chi connectivity index (χ3n) is 2.52. The number of carbonyl (C=O) groups is 1. The highest BCUT2D eigenvalue weighted by Gasteiger charge is 2.12. The minimum Gasteiger partial charge on any atom is -0.497 e. The van der Waals surface area contributed by atoms with Crippen LogP contribution in [-0.4, -0.2) is 20.1 Å². The molecule has 1 amide bonds. The summed E-state index contributed by atoms with van der Waals surface area (Å²) >= 11 is 0. The SMILES string of the molecule is CC=C(C)C(=O)N(C)c1cccc(OC)c1. The van der Waals surface area contributed by atoms with Crippen LogP contribution in [0.25, 0.3) is 0 Å². The fourth-order valence-corrected chi connectivity index (χ4v) is 1.32. The minimum absolute atomic E-state index is 0.00393. The maximum absolute atomic E-state index is 11.9. The van der Waals surface area contributed by atoms with Crippen molar-refractivity contribution >= 4 is 11.6 Å². The first-order chi connectivity index (χ1) is 7.60. The van der Waals surface area contributed by atoms with Gasteiger partial charge in [0.15, 0.2) is 0 Å². The Kier molecular flexibility index (Phi) is 4.11. The van der Waals surface area contributed by atoms with Gasteiger partial charge in [0.25, 0.3) is 5.91 Å². The maximum Gasteiger partial charge on any atom is 0.253 e. The summed E-state index contributed by atoms with van der Waals surface area (Å²) in [7, 11) is 3.36. The first-order valence-electron chi connectivity index (χ1n) is 5.15. The van der Waals surface area contributed by atoms with Crippen LogP contribution in [0.15, 0.2) is 35.9 Å². The number of likely N-dealkylation sites (N-methyl/N-ethyl adjacent to an activating group) is 1. The molecule has 0 unspecified atom stereocenters. The summed E-state index contributed by atoms with van der Waals surface area (Å²) in [6.07, 6.45) is 1.80. The summed E-state index contributed by atoms with van der Waals surface area (Å²) < 4.78 is 5.12. The Labute approximate surface area is 96.3 Å². The van der Waals surface area contributed by atoms with Gasteiger partial charge in [0.05, 0.1) is 7.11 Å². The summed E-state index contributed by atoms with van der Waals surface area (Å²) in [5.74, 6) is 0.742. The van der Waals surface area contributed by atoms with Crippen molar-refractivity contribution in [2.45, 2.75) is 13.8 Å². The van der Waals surface area contributed by atoms with Crippen molar-refractivity contribution in [3.8, 4) is 5.75 Å². The molecular formula is C13H17NO2. The van der Waals surface area contributed by atoms with E-state index in [4.69, 9.17) is 4.74 Å². The van der Waals surface area contributed by atoms with Gasteiger partial charge >= 0.3 is 0 Å². The van der Waals surface area contributed by atoms with Crippen LogP contribution in [0.1, 0.15) is 13.8 Å². The molecule has 0 aromatic heterocycles. The molecule has 0 N–H and O–H groups in total. The first-order valence-corrected chi connectivity index (χ1v) is 5.15. The van der Waals surface area contributed by atoms with Gasteiger partial charge in [-0.3, -0.25) is 4.79 Å². The molecule has 0 fully saturated rings. The van der Waals surface area contributed by atoms with Crippen LogP contribution in [-0.2, 0) is 4.79 Å². The number of hydrogen-bond acceptors (Lipinski definition) is 2. The number of benzene rings is 1. The van der Waals surface area contributed by atoms with Crippen LogP contribution < -0.4 is 9.64 Å². The number of allylic oxidation sites excluding steroid dienone is 1. The number of ether oxygens (including phenoxy) is 1. The van der Waals surface area contributed by atoms with E-state index in [1.165, 1.54) is 0 Å². The molecule has 0 saturated heterocycles. The van der Waals surface area contributed by atoms with E-state index in [-0.39, 0.29) is 5.91 Å². The number of anilines is 1. The van der Waals surface area contributed by atoms with Crippen molar-refractivity contribution in [1.29, 1.82) is 0 Å². The molecule has 86 valence electrons. The highest BCUT2D eigenvalue weighted by molar-refractivity contribution is 6.04. The molecule has 3 nitrogen and oxygen atoms in total. The van der Waals surface area contributed by atoms with E-state index in [9.17, 15) is 4.79 Å². The first kappa shape index (κ1) is 12.3. The lowest BCUT2D eigenvalue weighted by Gasteiger charge is -2.18. The van der Waals surface area contributed by atoms with E-state index in [1.54, 1.807) is 32.1 Å². The number of amides is 1. The summed E-state index contributed by atoms with van der Waals surface area (Å²) in [4.78, 5) is 13.5. The molecule has 3 heteroatoms. The smallest absolute Gasteiger partial charge is 0.253 e. The number of nitrogens with zero attached hydrogens (tertiary/aromatic N) is 1. The maximum atomic E-state index is 11.9. The molecule has 0 atom stereocenters. The van der Waals surface area contributed by atoms with Crippen molar-refractivity contribution in [2.24, 2.45) is 0 Å². The van der Waals surface area contributed by atoms with E-state index < -0.39 is 0 Å². The lowest BCUT2D eigenvalue weighted by molar-refractivity contribution is -0.114. The molecule has 1 rings (SSSR count). The van der Waals surface area contributed by atoms with Gasteiger partial charge in [0, 0.05) is 24.4 Å². The number of hydrogen-bond donors (Lipinski definition) is 0. The molecule has 0 heterocycles. The Bertz CT molecular complexity index is 410. The molecular weight excluding hydrogens is 202 g/mol. The van der Waals surface area contributed by atoms with E-state index in [0.29, 0.717) is 0 Å². The van der Waals surface area contributed by atoms with Crippen LogP contribution in [0.3, 0.4) is 0 Å². The average Bonchev–Trinajstić information content (AvgIpc) is 2.36. The molecule has 1 aromatic rings. The lowest BCUT2D eigenvalue weighted by atomic mass is 10.2. The summed E-state index contributed by atoms with van der Waals surface area (Å²) in [6.45, 7) is 3.66. The largest absolute Gasteiger partial charge is 0.497 e. The van der Waals surface area contributed by atoms with Gasteiger partial charge in [0.1, 0.15) is 5.75 Å². The molecule has 0 bridgehead atoms. The van der Waals surface area contributed by atoms with Crippen LogP contribution >= 0.6 is 0 Å². The van der Waals surface area contributed by atoms with Crippen molar-refractivity contribution in [3.05, 3.63) is 35.9 Å². The van der Waals surface area contributed by atoms with Crippen LogP contribution in [0.4, 0.5) is 5.69 Å². The Morgan fingerprint density at radius 1 is 1.44 bits per heavy atom. The van der Waals surface area contributed by atoms with Gasteiger partial charge < -0.3 is 9.64 Å². The Hall–Kier alpha value is -1.77. The fraction of sp³-hybridized carbons (Fsp3) is 0.308. The second-order valence-electron chi connectivity index (χ2n) is 3.54. The minimum atomic E-state index is -0.00393. The molecule has 0 radical (unpaired) electrons. The Morgan fingerprint density at radius 3 is 2.69 bits per heavy atom. The predicted molar refractivity (Wildman–Crippen MR) is 65.8 cm³/mol. The van der Waals surface area contributed by atoms with Gasteiger partial charge in [-0.05, 0) is 26.0 Å². The molecule has 1 aromatic carbocycles. The molecule has 0 aliphatic rings. The summed E-state index contributed by atoms with van der Waals surface area (Å²) in [5.41, 5.74) is 1.55. The number of carbonyl (C=O) groups excluding carboxylic acids is 1. The van der Waals surface area contributed by atoms with Crippen LogP contribution in [0.2, 0.25) is 0 Å².